The molecule has 1 aromatic carbocycles. The smallest absolute Gasteiger partial charge is 0.335 e. The molecule has 0 saturated heterocycles. The predicted octanol–water partition coefficient (Wildman–Crippen LogP) is 6.27. The summed E-state index contributed by atoms with van der Waals surface area (Å²) in [5.74, 6) is 2.38. The molecule has 0 radical (unpaired) electrons. The number of carboxylic acids is 1. The second kappa shape index (κ2) is 15.3. The highest BCUT2D eigenvalue weighted by atomic mass is 16.4. The number of terminal acetylenes is 1. The van der Waals surface area contributed by atoms with Crippen molar-refractivity contribution in [2.24, 2.45) is 0 Å². The first-order chi connectivity index (χ1) is 16.3. The van der Waals surface area contributed by atoms with E-state index in [0.29, 0.717) is 30.0 Å². The van der Waals surface area contributed by atoms with E-state index < -0.39 is 5.97 Å². The Morgan fingerprint density at radius 3 is 2.40 bits per heavy atom. The standard InChI is InChI=1S/C24H25N3O3.2C2H6.CH4/c1-5-13-27(19-10-7-17(8-11-19)24(29)30)21-12-9-18(15(21)3)14-20-16(4)23(28)26-22(6-2)25-20;2*1-2;/h1,7-8,10-11,14,21H,3,6,9,12-13H2,2,4H3,(H,29,30)(H,25,26,28);2*1-2H3;1H4/b18-14-;;;. The zero-order valence-corrected chi connectivity index (χ0v) is 21.2. The summed E-state index contributed by atoms with van der Waals surface area (Å²) in [5.41, 5.74) is 4.19. The lowest BCUT2D eigenvalue weighted by molar-refractivity contribution is 0.0697. The molecule has 1 unspecified atom stereocenters. The molecule has 0 amide bonds. The van der Waals surface area contributed by atoms with Gasteiger partial charge in [0.2, 0.25) is 0 Å². The number of aryl methyl sites for hydroxylation is 1. The molecule has 1 fully saturated rings. The van der Waals surface area contributed by atoms with Gasteiger partial charge in [-0.15, -0.1) is 6.42 Å². The molecule has 1 saturated carbocycles. The molecular weight excluding hydrogens is 438 g/mol. The number of hydrogen-bond acceptors (Lipinski definition) is 4. The summed E-state index contributed by atoms with van der Waals surface area (Å²) in [5, 5.41) is 9.13. The average molecular weight is 480 g/mol. The monoisotopic (exact) mass is 479 g/mol. The van der Waals surface area contributed by atoms with Crippen LogP contribution in [0.15, 0.2) is 46.8 Å². The maximum Gasteiger partial charge on any atom is 0.335 e. The molecule has 2 aromatic rings. The van der Waals surface area contributed by atoms with Gasteiger partial charge in [0.25, 0.3) is 5.56 Å². The Labute approximate surface area is 210 Å². The molecule has 6 nitrogen and oxygen atoms in total. The molecule has 35 heavy (non-hydrogen) atoms. The van der Waals surface area contributed by atoms with E-state index in [2.05, 4.69) is 27.4 Å². The second-order valence-corrected chi connectivity index (χ2v) is 7.31. The summed E-state index contributed by atoms with van der Waals surface area (Å²) in [6, 6.07) is 6.69. The lowest BCUT2D eigenvalue weighted by Gasteiger charge is -2.30. The molecule has 1 aromatic heterocycles. The number of H-pyrrole nitrogens is 1. The number of aromatic amines is 1. The van der Waals surface area contributed by atoms with Gasteiger partial charge in [-0.05, 0) is 61.3 Å². The van der Waals surface area contributed by atoms with Crippen LogP contribution in [-0.2, 0) is 6.42 Å². The summed E-state index contributed by atoms with van der Waals surface area (Å²) in [6.45, 7) is 16.4. The van der Waals surface area contributed by atoms with Gasteiger partial charge in [-0.2, -0.15) is 0 Å². The van der Waals surface area contributed by atoms with Crippen LogP contribution in [0.5, 0.6) is 0 Å². The molecule has 1 heterocycles. The van der Waals surface area contributed by atoms with Crippen molar-refractivity contribution in [3.63, 3.8) is 0 Å². The first kappa shape index (κ1) is 31.4. The molecule has 0 bridgehead atoms. The van der Waals surface area contributed by atoms with E-state index >= 15 is 0 Å². The van der Waals surface area contributed by atoms with Crippen molar-refractivity contribution in [2.75, 3.05) is 11.4 Å². The first-order valence-corrected chi connectivity index (χ1v) is 11.9. The van der Waals surface area contributed by atoms with Crippen molar-refractivity contribution in [2.45, 2.75) is 74.3 Å². The van der Waals surface area contributed by atoms with Gasteiger partial charge in [0.15, 0.2) is 0 Å². The molecule has 1 aliphatic rings. The van der Waals surface area contributed by atoms with Crippen LogP contribution in [0.4, 0.5) is 5.69 Å². The highest BCUT2D eigenvalue weighted by Crippen LogP contribution is 2.36. The molecule has 0 spiro atoms. The zero-order chi connectivity index (χ0) is 25.8. The van der Waals surface area contributed by atoms with Crippen molar-refractivity contribution in [1.82, 2.24) is 9.97 Å². The minimum atomic E-state index is -0.965. The fraction of sp³-hybridized carbons (Fsp3) is 0.414. The second-order valence-electron chi connectivity index (χ2n) is 7.31. The van der Waals surface area contributed by atoms with E-state index in [0.717, 1.165) is 29.7 Å². The highest BCUT2D eigenvalue weighted by molar-refractivity contribution is 5.88. The fourth-order valence-electron chi connectivity index (χ4n) is 3.70. The molecule has 3 rings (SSSR count). The van der Waals surface area contributed by atoms with Crippen molar-refractivity contribution in [1.29, 1.82) is 0 Å². The molecule has 190 valence electrons. The summed E-state index contributed by atoms with van der Waals surface area (Å²) >= 11 is 0. The molecule has 1 atom stereocenters. The van der Waals surface area contributed by atoms with Crippen molar-refractivity contribution < 1.29 is 9.90 Å². The van der Waals surface area contributed by atoms with Crippen LogP contribution in [0.1, 0.15) is 82.3 Å². The minimum absolute atomic E-state index is 0. The van der Waals surface area contributed by atoms with Gasteiger partial charge < -0.3 is 15.0 Å². The highest BCUT2D eigenvalue weighted by Gasteiger charge is 2.29. The molecular formula is C29H41N3O3. The number of aromatic nitrogens is 2. The van der Waals surface area contributed by atoms with E-state index in [1.165, 1.54) is 0 Å². The molecule has 2 N–H and O–H groups in total. The number of carboxylic acid groups (broad SMARTS) is 1. The molecule has 1 aliphatic carbocycles. The third kappa shape index (κ3) is 7.71. The van der Waals surface area contributed by atoms with E-state index in [9.17, 15) is 9.59 Å². The van der Waals surface area contributed by atoms with E-state index in [4.69, 9.17) is 11.5 Å². The number of anilines is 1. The van der Waals surface area contributed by atoms with Crippen molar-refractivity contribution in [3.05, 3.63) is 75.0 Å². The number of rotatable bonds is 6. The van der Waals surface area contributed by atoms with E-state index in [-0.39, 0.29) is 24.6 Å². The molecule has 0 aliphatic heterocycles. The molecule has 6 heteroatoms. The van der Waals surface area contributed by atoms with Gasteiger partial charge in [-0.3, -0.25) is 4.79 Å². The fourth-order valence-corrected chi connectivity index (χ4v) is 3.70. The number of benzene rings is 1. The van der Waals surface area contributed by atoms with Crippen LogP contribution < -0.4 is 10.5 Å². The lowest BCUT2D eigenvalue weighted by atomic mass is 10.0. The third-order valence-electron chi connectivity index (χ3n) is 5.47. The van der Waals surface area contributed by atoms with E-state index in [1.54, 1.807) is 31.2 Å². The van der Waals surface area contributed by atoms with Crippen LogP contribution in [0, 0.1) is 19.3 Å². The summed E-state index contributed by atoms with van der Waals surface area (Å²) in [6.07, 6.45) is 9.84. The van der Waals surface area contributed by atoms with Crippen LogP contribution in [0.3, 0.4) is 0 Å². The summed E-state index contributed by atoms with van der Waals surface area (Å²) in [7, 11) is 0. The van der Waals surface area contributed by atoms with Crippen LogP contribution in [0.2, 0.25) is 0 Å². The third-order valence-corrected chi connectivity index (χ3v) is 5.47. The topological polar surface area (TPSA) is 86.3 Å². The SMILES string of the molecule is C.C#CCN(c1ccc(C(=O)O)cc1)C1CC/C(=C/c2nc(CC)[nH]c(=O)c2C)C1=C.CC.CC. The van der Waals surface area contributed by atoms with Crippen LogP contribution in [0.25, 0.3) is 6.08 Å². The van der Waals surface area contributed by atoms with Gasteiger partial charge in [-0.25, -0.2) is 9.78 Å². The Kier molecular flexibility index (Phi) is 13.8. The Bertz CT molecular complexity index is 1110. The Balaban J connectivity index is 0.00000220. The average Bonchev–Trinajstić information content (AvgIpc) is 3.22. The Hall–Kier alpha value is -3.59. The van der Waals surface area contributed by atoms with Gasteiger partial charge in [0.1, 0.15) is 5.82 Å². The Morgan fingerprint density at radius 2 is 1.89 bits per heavy atom. The van der Waals surface area contributed by atoms with Gasteiger partial charge in [-0.1, -0.05) is 54.5 Å². The van der Waals surface area contributed by atoms with Gasteiger partial charge in [0, 0.05) is 17.7 Å². The number of nitrogens with one attached hydrogen (secondary N) is 1. The van der Waals surface area contributed by atoms with Crippen LogP contribution in [-0.4, -0.2) is 33.6 Å². The lowest BCUT2D eigenvalue weighted by Crippen LogP contribution is -2.34. The number of hydrogen-bond donors (Lipinski definition) is 2. The van der Waals surface area contributed by atoms with E-state index in [1.807, 2.05) is 40.7 Å². The predicted molar refractivity (Wildman–Crippen MR) is 148 cm³/mol. The number of carbonyl (C=O) groups is 1. The summed E-state index contributed by atoms with van der Waals surface area (Å²) < 4.78 is 0. The van der Waals surface area contributed by atoms with Crippen LogP contribution >= 0.6 is 0 Å². The normalized spacial score (nSPS) is 15.1. The first-order valence-electron chi connectivity index (χ1n) is 11.9. The quantitative estimate of drug-likeness (QED) is 0.477. The largest absolute Gasteiger partial charge is 0.478 e. The summed E-state index contributed by atoms with van der Waals surface area (Å²) in [4.78, 5) is 32.7. The minimum Gasteiger partial charge on any atom is -0.478 e. The van der Waals surface area contributed by atoms with Gasteiger partial charge >= 0.3 is 5.97 Å². The maximum atomic E-state index is 12.2. The zero-order valence-electron chi connectivity index (χ0n) is 21.2. The number of nitrogens with zero attached hydrogens (tertiary/aromatic N) is 2. The van der Waals surface area contributed by atoms with Crippen molar-refractivity contribution >= 4 is 17.7 Å². The maximum absolute atomic E-state index is 12.2. The van der Waals surface area contributed by atoms with Gasteiger partial charge in [0.05, 0.1) is 23.8 Å². The Morgan fingerprint density at radius 1 is 1.29 bits per heavy atom. The number of aromatic carboxylic acids is 1. The van der Waals surface area contributed by atoms with Crippen molar-refractivity contribution in [3.8, 4) is 12.3 Å².